The molecule has 1 N–H and O–H groups in total. The topological polar surface area (TPSA) is 59.1 Å². The molecule has 1 aromatic heterocycles. The zero-order valence-corrected chi connectivity index (χ0v) is 12.4. The van der Waals surface area contributed by atoms with Gasteiger partial charge in [-0.15, -0.1) is 0 Å². The lowest BCUT2D eigenvalue weighted by molar-refractivity contribution is 0.557. The molecule has 8 heteroatoms. The van der Waals surface area contributed by atoms with Crippen LogP contribution < -0.4 is 4.72 Å². The van der Waals surface area contributed by atoms with Crippen LogP contribution in [0.3, 0.4) is 0 Å². The molecular weight excluding hydrogens is 359 g/mol. The molecule has 0 aliphatic heterocycles. The van der Waals surface area contributed by atoms with Crippen molar-refractivity contribution in [3.63, 3.8) is 0 Å². The van der Waals surface area contributed by atoms with Gasteiger partial charge in [-0.25, -0.2) is 9.37 Å². The van der Waals surface area contributed by atoms with Crippen LogP contribution in [0.1, 0.15) is 0 Å². The third-order valence-electron chi connectivity index (χ3n) is 2.15. The van der Waals surface area contributed by atoms with E-state index in [4.69, 9.17) is 11.6 Å². The highest BCUT2D eigenvalue weighted by Crippen LogP contribution is 2.26. The van der Waals surface area contributed by atoms with E-state index >= 15 is 0 Å². The van der Waals surface area contributed by atoms with E-state index in [1.165, 1.54) is 30.5 Å². The molecule has 0 saturated carbocycles. The Morgan fingerprint density at radius 3 is 2.68 bits per heavy atom. The third-order valence-corrected chi connectivity index (χ3v) is 4.68. The first-order chi connectivity index (χ1) is 8.90. The van der Waals surface area contributed by atoms with Crippen molar-refractivity contribution < 1.29 is 12.8 Å². The Morgan fingerprint density at radius 2 is 2.05 bits per heavy atom. The van der Waals surface area contributed by atoms with Crippen LogP contribution in [0.25, 0.3) is 0 Å². The number of sulfonamides is 1. The van der Waals surface area contributed by atoms with Gasteiger partial charge < -0.3 is 0 Å². The largest absolute Gasteiger partial charge is 0.282 e. The van der Waals surface area contributed by atoms with Gasteiger partial charge in [-0.2, -0.15) is 8.42 Å². The third kappa shape index (κ3) is 3.23. The van der Waals surface area contributed by atoms with Crippen molar-refractivity contribution >= 4 is 43.2 Å². The minimum Gasteiger partial charge on any atom is -0.278 e. The van der Waals surface area contributed by atoms with Gasteiger partial charge >= 0.3 is 0 Å². The fraction of sp³-hybridized carbons (Fsp3) is 0. The first kappa shape index (κ1) is 14.2. The average molecular weight is 366 g/mol. The molecule has 0 spiro atoms. The van der Waals surface area contributed by atoms with Crippen LogP contribution in [0.5, 0.6) is 0 Å². The number of rotatable bonds is 3. The number of aromatic nitrogens is 1. The van der Waals surface area contributed by atoms with Crippen LogP contribution in [-0.2, 0) is 10.0 Å². The molecule has 1 aromatic carbocycles. The number of halogens is 3. The molecule has 0 radical (unpaired) electrons. The lowest BCUT2D eigenvalue weighted by atomic mass is 10.3. The maximum Gasteiger partial charge on any atom is 0.282 e. The number of benzene rings is 1. The molecule has 4 nitrogen and oxygen atoms in total. The van der Waals surface area contributed by atoms with Crippen molar-refractivity contribution in [3.05, 3.63) is 51.8 Å². The summed E-state index contributed by atoms with van der Waals surface area (Å²) in [5, 5.41) is -0.215. The molecule has 0 fully saturated rings. The van der Waals surface area contributed by atoms with Crippen molar-refractivity contribution in [1.82, 2.24) is 4.98 Å². The van der Waals surface area contributed by atoms with E-state index in [1.54, 1.807) is 0 Å². The summed E-state index contributed by atoms with van der Waals surface area (Å²) in [6.07, 6.45) is 1.20. The lowest BCUT2D eigenvalue weighted by Gasteiger charge is -2.08. The van der Waals surface area contributed by atoms with Crippen LogP contribution in [-0.4, -0.2) is 13.4 Å². The van der Waals surface area contributed by atoms with Crippen molar-refractivity contribution in [2.75, 3.05) is 4.72 Å². The minimum atomic E-state index is -4.07. The smallest absolute Gasteiger partial charge is 0.278 e. The monoisotopic (exact) mass is 364 g/mol. The Hall–Kier alpha value is -1.18. The van der Waals surface area contributed by atoms with Gasteiger partial charge in [0.25, 0.3) is 10.0 Å². The Bertz CT molecular complexity index is 724. The predicted molar refractivity (Wildman–Crippen MR) is 74.2 cm³/mol. The van der Waals surface area contributed by atoms with Crippen LogP contribution >= 0.6 is 27.5 Å². The first-order valence-corrected chi connectivity index (χ1v) is 7.64. The fourth-order valence-electron chi connectivity index (χ4n) is 1.33. The highest BCUT2D eigenvalue weighted by atomic mass is 79.9. The summed E-state index contributed by atoms with van der Waals surface area (Å²) < 4.78 is 40.1. The van der Waals surface area contributed by atoms with E-state index in [0.717, 1.165) is 6.07 Å². The maximum atomic E-state index is 13.4. The summed E-state index contributed by atoms with van der Waals surface area (Å²) in [6.45, 7) is 0. The van der Waals surface area contributed by atoms with Gasteiger partial charge in [0.15, 0.2) is 5.82 Å². The number of pyridine rings is 1. The summed E-state index contributed by atoms with van der Waals surface area (Å²) in [6, 6.07) is 6.79. The van der Waals surface area contributed by atoms with Crippen molar-refractivity contribution in [2.45, 2.75) is 5.03 Å². The second-order valence-corrected chi connectivity index (χ2v) is 6.38. The Labute approximate surface area is 122 Å². The molecule has 2 aromatic rings. The van der Waals surface area contributed by atoms with E-state index < -0.39 is 20.9 Å². The van der Waals surface area contributed by atoms with Gasteiger partial charge in [-0.1, -0.05) is 11.6 Å². The molecule has 0 aliphatic carbocycles. The van der Waals surface area contributed by atoms with Gasteiger partial charge in [0.1, 0.15) is 0 Å². The highest BCUT2D eigenvalue weighted by molar-refractivity contribution is 9.10. The van der Waals surface area contributed by atoms with Crippen LogP contribution in [0.4, 0.5) is 10.1 Å². The molecule has 0 aliphatic rings. The number of nitrogens with zero attached hydrogens (tertiary/aromatic N) is 1. The van der Waals surface area contributed by atoms with E-state index in [0.29, 0.717) is 9.50 Å². The van der Waals surface area contributed by atoms with Gasteiger partial charge in [-0.3, -0.25) is 4.72 Å². The summed E-state index contributed by atoms with van der Waals surface area (Å²) in [5.74, 6) is -0.914. The minimum absolute atomic E-state index is 0.251. The zero-order valence-electron chi connectivity index (χ0n) is 9.27. The molecule has 0 bridgehead atoms. The average Bonchev–Trinajstić information content (AvgIpc) is 2.34. The quantitative estimate of drug-likeness (QED) is 0.906. The summed E-state index contributed by atoms with van der Waals surface area (Å²) in [4.78, 5) is 3.52. The molecule has 0 atom stereocenters. The summed E-state index contributed by atoms with van der Waals surface area (Å²) in [7, 11) is -4.07. The Kier molecular flexibility index (Phi) is 4.07. The van der Waals surface area contributed by atoms with Crippen molar-refractivity contribution in [2.24, 2.45) is 0 Å². The zero-order chi connectivity index (χ0) is 14.0. The molecule has 1 heterocycles. The van der Waals surface area contributed by atoms with Gasteiger partial charge in [0.2, 0.25) is 5.03 Å². The highest BCUT2D eigenvalue weighted by Gasteiger charge is 2.20. The van der Waals surface area contributed by atoms with Gasteiger partial charge in [-0.05, 0) is 46.3 Å². The van der Waals surface area contributed by atoms with Crippen LogP contribution in [0.2, 0.25) is 5.02 Å². The second-order valence-electron chi connectivity index (χ2n) is 3.52. The number of nitrogens with one attached hydrogen (secondary N) is 1. The predicted octanol–water partition coefficient (Wildman–Crippen LogP) is 3.44. The van der Waals surface area contributed by atoms with E-state index in [1.807, 2.05) is 0 Å². The normalized spacial score (nSPS) is 11.3. The fourth-order valence-corrected chi connectivity index (χ4v) is 2.89. The van der Waals surface area contributed by atoms with Crippen LogP contribution in [0, 0.1) is 5.82 Å². The first-order valence-electron chi connectivity index (χ1n) is 4.98. The van der Waals surface area contributed by atoms with Crippen LogP contribution in [0.15, 0.2) is 46.0 Å². The second kappa shape index (κ2) is 5.44. The number of hydrogen-bond acceptors (Lipinski definition) is 3. The molecule has 0 amide bonds. The van der Waals surface area contributed by atoms with Gasteiger partial charge in [0.05, 0.1) is 10.7 Å². The molecule has 100 valence electrons. The number of anilines is 1. The van der Waals surface area contributed by atoms with Crippen molar-refractivity contribution in [1.29, 1.82) is 0 Å². The summed E-state index contributed by atoms with van der Waals surface area (Å²) in [5.41, 5.74) is 0.251. The van der Waals surface area contributed by atoms with E-state index in [-0.39, 0.29) is 5.69 Å². The molecular formula is C11H7BrClFN2O2S. The van der Waals surface area contributed by atoms with Gasteiger partial charge in [0, 0.05) is 10.7 Å². The number of hydrogen-bond donors (Lipinski definition) is 1. The van der Waals surface area contributed by atoms with Crippen molar-refractivity contribution in [3.8, 4) is 0 Å². The maximum absolute atomic E-state index is 13.4. The molecule has 0 unspecified atom stereocenters. The van der Waals surface area contributed by atoms with E-state index in [2.05, 4.69) is 25.6 Å². The SMILES string of the molecule is O=S(=O)(Nc1ccc(Cl)c(Br)c1)c1ncccc1F. The molecule has 19 heavy (non-hydrogen) atoms. The molecule has 2 rings (SSSR count). The summed E-state index contributed by atoms with van der Waals surface area (Å²) >= 11 is 8.97. The Morgan fingerprint density at radius 1 is 1.32 bits per heavy atom. The standard InChI is InChI=1S/C11H7BrClFN2O2S/c12-8-6-7(3-4-9(8)13)16-19(17,18)11-10(14)2-1-5-15-11/h1-6,16H. The Balaban J connectivity index is 2.37. The van der Waals surface area contributed by atoms with E-state index in [9.17, 15) is 12.8 Å². The molecule has 0 saturated heterocycles. The lowest BCUT2D eigenvalue weighted by Crippen LogP contribution is -2.16.